The number of amides is 1. The molecule has 0 atom stereocenters. The third-order valence-corrected chi connectivity index (χ3v) is 6.43. The van der Waals surface area contributed by atoms with Crippen LogP contribution in [0.2, 0.25) is 0 Å². The number of primary amides is 1. The Balaban J connectivity index is 1.82. The van der Waals surface area contributed by atoms with Crippen molar-refractivity contribution in [3.63, 3.8) is 0 Å². The van der Waals surface area contributed by atoms with Gasteiger partial charge in [0, 0.05) is 24.3 Å². The lowest BCUT2D eigenvalue weighted by atomic mass is 10.2. The van der Waals surface area contributed by atoms with Crippen molar-refractivity contribution in [2.45, 2.75) is 58.0 Å². The largest absolute Gasteiger partial charge is 0.383 e. The van der Waals surface area contributed by atoms with Gasteiger partial charge in [0.1, 0.15) is 22.3 Å². The molecule has 3 aromatic rings. The first-order valence-corrected chi connectivity index (χ1v) is 10.9. The monoisotopic (exact) mass is 419 g/mol. The van der Waals surface area contributed by atoms with Crippen molar-refractivity contribution in [1.29, 1.82) is 0 Å². The molecular formula is C18H25N7OS2. The zero-order chi connectivity index (χ0) is 20.4. The van der Waals surface area contributed by atoms with E-state index in [4.69, 9.17) is 11.5 Å². The zero-order valence-corrected chi connectivity index (χ0v) is 18.2. The Morgan fingerprint density at radius 1 is 1.25 bits per heavy atom. The first-order chi connectivity index (χ1) is 13.3. The predicted octanol–water partition coefficient (Wildman–Crippen LogP) is 2.85. The van der Waals surface area contributed by atoms with Crippen molar-refractivity contribution in [1.82, 2.24) is 24.7 Å². The van der Waals surface area contributed by atoms with E-state index in [0.29, 0.717) is 29.7 Å². The van der Waals surface area contributed by atoms with E-state index in [9.17, 15) is 4.79 Å². The Labute approximate surface area is 172 Å². The van der Waals surface area contributed by atoms with Gasteiger partial charge < -0.3 is 16.0 Å². The number of carbonyl (C=O) groups excluding carboxylic acids is 1. The smallest absolute Gasteiger partial charge is 0.217 e. The maximum atomic E-state index is 11.1. The van der Waals surface area contributed by atoms with Crippen LogP contribution in [0.5, 0.6) is 0 Å². The van der Waals surface area contributed by atoms with Crippen molar-refractivity contribution in [3.05, 3.63) is 22.1 Å². The second kappa shape index (κ2) is 8.44. The second-order valence-electron chi connectivity index (χ2n) is 7.15. The summed E-state index contributed by atoms with van der Waals surface area (Å²) < 4.78 is 2.06. The summed E-state index contributed by atoms with van der Waals surface area (Å²) in [7, 11) is 0. The van der Waals surface area contributed by atoms with Crippen LogP contribution in [-0.4, -0.2) is 30.6 Å². The van der Waals surface area contributed by atoms with Crippen LogP contribution in [0.25, 0.3) is 10.2 Å². The molecule has 10 heteroatoms. The van der Waals surface area contributed by atoms with Gasteiger partial charge in [0.25, 0.3) is 0 Å². The van der Waals surface area contributed by atoms with Gasteiger partial charge in [-0.2, -0.15) is 0 Å². The third kappa shape index (κ3) is 4.44. The van der Waals surface area contributed by atoms with Gasteiger partial charge in [-0.3, -0.25) is 4.79 Å². The normalized spacial score (nSPS) is 11.6. The fraction of sp³-hybridized carbons (Fsp3) is 0.500. The molecule has 0 bridgehead atoms. The molecule has 0 aliphatic rings. The van der Waals surface area contributed by atoms with Gasteiger partial charge in [-0.1, -0.05) is 25.6 Å². The Morgan fingerprint density at radius 2 is 2.00 bits per heavy atom. The number of carbonyl (C=O) groups is 1. The molecule has 0 unspecified atom stereocenters. The quantitative estimate of drug-likeness (QED) is 0.538. The summed E-state index contributed by atoms with van der Waals surface area (Å²) >= 11 is 3.16. The summed E-state index contributed by atoms with van der Waals surface area (Å²) in [6.45, 7) is 9.15. The molecule has 3 rings (SSSR count). The Kier molecular flexibility index (Phi) is 6.19. The van der Waals surface area contributed by atoms with Crippen molar-refractivity contribution in [2.75, 3.05) is 5.73 Å². The predicted molar refractivity (Wildman–Crippen MR) is 113 cm³/mol. The number of nitrogens with two attached hydrogens (primary N) is 2. The van der Waals surface area contributed by atoms with Gasteiger partial charge in [-0.05, 0) is 25.3 Å². The lowest BCUT2D eigenvalue weighted by molar-refractivity contribution is -0.118. The molecule has 0 aliphatic heterocycles. The van der Waals surface area contributed by atoms with E-state index in [2.05, 4.69) is 45.5 Å². The molecule has 8 nitrogen and oxygen atoms in total. The van der Waals surface area contributed by atoms with Crippen LogP contribution in [0.3, 0.4) is 0 Å². The summed E-state index contributed by atoms with van der Waals surface area (Å²) in [5, 5.41) is 10.3. The molecule has 0 saturated heterocycles. The number of nitrogen functional groups attached to an aromatic ring is 1. The van der Waals surface area contributed by atoms with Gasteiger partial charge in [-0.15, -0.1) is 21.5 Å². The minimum absolute atomic E-state index is 0.258. The molecule has 28 heavy (non-hydrogen) atoms. The number of aryl methyl sites for hydroxylation is 3. The van der Waals surface area contributed by atoms with E-state index in [1.165, 1.54) is 16.6 Å². The average Bonchev–Trinajstić information content (AvgIpc) is 3.11. The van der Waals surface area contributed by atoms with Crippen LogP contribution in [0.4, 0.5) is 5.82 Å². The number of hydrogen-bond donors (Lipinski definition) is 2. The zero-order valence-electron chi connectivity index (χ0n) is 16.5. The van der Waals surface area contributed by atoms with Gasteiger partial charge >= 0.3 is 0 Å². The van der Waals surface area contributed by atoms with Crippen LogP contribution in [0.1, 0.15) is 42.4 Å². The van der Waals surface area contributed by atoms with Crippen molar-refractivity contribution in [2.24, 2.45) is 11.7 Å². The standard InChI is InChI=1S/C18H25N7OS2/c1-9(2)7-25-14(6-5-12(19)26)23-24-18(25)27-8-13-21-16(20)15-10(3)11(4)28-17(15)22-13/h9H,5-8H2,1-4H3,(H2,19,26)(H2,20,21,22). The molecule has 0 spiro atoms. The lowest BCUT2D eigenvalue weighted by Gasteiger charge is -2.12. The van der Waals surface area contributed by atoms with Crippen LogP contribution < -0.4 is 11.5 Å². The number of anilines is 1. The number of rotatable bonds is 8. The molecule has 150 valence electrons. The van der Waals surface area contributed by atoms with Gasteiger partial charge in [-0.25, -0.2) is 9.97 Å². The van der Waals surface area contributed by atoms with Crippen molar-refractivity contribution < 1.29 is 4.79 Å². The minimum Gasteiger partial charge on any atom is -0.383 e. The highest BCUT2D eigenvalue weighted by molar-refractivity contribution is 7.98. The molecule has 4 N–H and O–H groups in total. The van der Waals surface area contributed by atoms with Crippen molar-refractivity contribution in [3.8, 4) is 0 Å². The molecule has 3 aromatic heterocycles. The Bertz CT molecular complexity index is 1010. The van der Waals surface area contributed by atoms with E-state index < -0.39 is 0 Å². The fourth-order valence-electron chi connectivity index (χ4n) is 2.91. The Hall–Kier alpha value is -2.20. The van der Waals surface area contributed by atoms with Crippen LogP contribution >= 0.6 is 23.1 Å². The first kappa shape index (κ1) is 20.5. The molecule has 1 amide bonds. The highest BCUT2D eigenvalue weighted by Crippen LogP contribution is 2.33. The summed E-state index contributed by atoms with van der Waals surface area (Å²) in [4.78, 5) is 22.4. The SMILES string of the molecule is Cc1sc2nc(CSc3nnc(CCC(N)=O)n3CC(C)C)nc(N)c2c1C. The van der Waals surface area contributed by atoms with Crippen molar-refractivity contribution >= 4 is 45.0 Å². The maximum absolute atomic E-state index is 11.1. The lowest BCUT2D eigenvalue weighted by Crippen LogP contribution is -2.15. The van der Waals surface area contributed by atoms with Gasteiger partial charge in [0.2, 0.25) is 5.91 Å². The van der Waals surface area contributed by atoms with Gasteiger partial charge in [0.15, 0.2) is 5.16 Å². The molecule has 0 radical (unpaired) electrons. The average molecular weight is 420 g/mol. The van der Waals surface area contributed by atoms with E-state index >= 15 is 0 Å². The number of thiophene rings is 1. The van der Waals surface area contributed by atoms with E-state index in [1.54, 1.807) is 11.3 Å². The first-order valence-electron chi connectivity index (χ1n) is 9.11. The summed E-state index contributed by atoms with van der Waals surface area (Å²) in [6, 6.07) is 0. The number of aromatic nitrogens is 5. The summed E-state index contributed by atoms with van der Waals surface area (Å²) in [6.07, 6.45) is 0.743. The molecular weight excluding hydrogens is 394 g/mol. The van der Waals surface area contributed by atoms with Crippen LogP contribution in [0, 0.1) is 19.8 Å². The topological polar surface area (TPSA) is 126 Å². The van der Waals surface area contributed by atoms with Gasteiger partial charge in [0.05, 0.1) is 11.1 Å². The number of fused-ring (bicyclic) bond motifs is 1. The number of thioether (sulfide) groups is 1. The maximum Gasteiger partial charge on any atom is 0.217 e. The fourth-order valence-corrected chi connectivity index (χ4v) is 4.79. The molecule has 0 fully saturated rings. The highest BCUT2D eigenvalue weighted by atomic mass is 32.2. The Morgan fingerprint density at radius 3 is 2.68 bits per heavy atom. The third-order valence-electron chi connectivity index (χ3n) is 4.37. The minimum atomic E-state index is -0.341. The summed E-state index contributed by atoms with van der Waals surface area (Å²) in [5.41, 5.74) is 12.6. The molecule has 0 aliphatic carbocycles. The second-order valence-corrected chi connectivity index (χ2v) is 9.29. The highest BCUT2D eigenvalue weighted by Gasteiger charge is 2.17. The van der Waals surface area contributed by atoms with E-state index in [-0.39, 0.29) is 12.3 Å². The van der Waals surface area contributed by atoms with Crippen LogP contribution in [-0.2, 0) is 23.5 Å². The van der Waals surface area contributed by atoms with E-state index in [0.717, 1.165) is 33.3 Å². The molecule has 0 saturated carbocycles. The number of hydrogen-bond acceptors (Lipinski definition) is 8. The number of nitrogens with zero attached hydrogens (tertiary/aromatic N) is 5. The summed E-state index contributed by atoms with van der Waals surface area (Å²) in [5.74, 6) is 2.59. The molecule has 0 aromatic carbocycles. The van der Waals surface area contributed by atoms with Crippen LogP contribution in [0.15, 0.2) is 5.16 Å². The van der Waals surface area contributed by atoms with E-state index in [1.807, 2.05) is 6.92 Å². The molecule has 3 heterocycles.